The lowest BCUT2D eigenvalue weighted by atomic mass is 9.94. The van der Waals surface area contributed by atoms with Crippen LogP contribution in [0.5, 0.6) is 0 Å². The van der Waals surface area contributed by atoms with E-state index in [9.17, 15) is 14.0 Å². The molecule has 8 heteroatoms. The smallest absolute Gasteiger partial charge is 0.270 e. The van der Waals surface area contributed by atoms with Gasteiger partial charge in [-0.05, 0) is 63.4 Å². The van der Waals surface area contributed by atoms with Crippen molar-refractivity contribution >= 4 is 16.9 Å². The molecule has 0 spiro atoms. The molecule has 1 aliphatic rings. The minimum atomic E-state index is -2.92. The number of nitrogens with zero attached hydrogens (tertiary/aromatic N) is 4. The Morgan fingerprint density at radius 3 is 2.55 bits per heavy atom. The summed E-state index contributed by atoms with van der Waals surface area (Å²) in [7, 11) is 1.81. The van der Waals surface area contributed by atoms with Gasteiger partial charge in [0.1, 0.15) is 11.6 Å². The van der Waals surface area contributed by atoms with Crippen molar-refractivity contribution in [3.63, 3.8) is 0 Å². The maximum atomic E-state index is 14.1. The van der Waals surface area contributed by atoms with E-state index >= 15 is 0 Å². The topological polar surface area (TPSA) is 86.5 Å². The average molecular weight is 451 g/mol. The molecule has 3 aromatic rings. The van der Waals surface area contributed by atoms with Crippen molar-refractivity contribution in [2.75, 3.05) is 12.4 Å². The SMILES string of the molecule is CNCc1nc(N[C@H](C)c2cccc(C(C)(F)F)c2C)c2cc(C3(C#N)CC3)c(C)nc2n1. The first-order chi connectivity index (χ1) is 15.6. The number of benzene rings is 1. The number of pyridine rings is 1. The van der Waals surface area contributed by atoms with E-state index in [4.69, 9.17) is 9.97 Å². The van der Waals surface area contributed by atoms with Crippen LogP contribution in [0.2, 0.25) is 0 Å². The third-order valence-corrected chi connectivity index (χ3v) is 6.41. The van der Waals surface area contributed by atoms with Gasteiger partial charge in [0.05, 0.1) is 29.5 Å². The molecule has 0 saturated heterocycles. The first-order valence-electron chi connectivity index (χ1n) is 11.1. The van der Waals surface area contributed by atoms with Gasteiger partial charge in [-0.1, -0.05) is 18.2 Å². The summed E-state index contributed by atoms with van der Waals surface area (Å²) in [6.07, 6.45) is 1.62. The highest BCUT2D eigenvalue weighted by Crippen LogP contribution is 2.49. The number of fused-ring (bicyclic) bond motifs is 1. The van der Waals surface area contributed by atoms with Gasteiger partial charge in [-0.15, -0.1) is 0 Å². The Balaban J connectivity index is 1.81. The Kier molecular flexibility index (Phi) is 5.79. The predicted molar refractivity (Wildman–Crippen MR) is 124 cm³/mol. The maximum absolute atomic E-state index is 14.1. The Labute approximate surface area is 192 Å². The van der Waals surface area contributed by atoms with Crippen LogP contribution in [0, 0.1) is 25.2 Å². The number of rotatable bonds is 7. The number of aryl methyl sites for hydroxylation is 1. The van der Waals surface area contributed by atoms with Crippen LogP contribution in [0.4, 0.5) is 14.6 Å². The van der Waals surface area contributed by atoms with Gasteiger partial charge in [0.2, 0.25) is 0 Å². The normalized spacial score (nSPS) is 15.8. The summed E-state index contributed by atoms with van der Waals surface area (Å²) < 4.78 is 28.2. The summed E-state index contributed by atoms with van der Waals surface area (Å²) in [6.45, 7) is 6.92. The zero-order valence-electron chi connectivity index (χ0n) is 19.6. The lowest BCUT2D eigenvalue weighted by molar-refractivity contribution is 0.0167. The van der Waals surface area contributed by atoms with Crippen molar-refractivity contribution in [3.05, 3.63) is 58.0 Å². The first kappa shape index (κ1) is 23.0. The zero-order valence-corrected chi connectivity index (χ0v) is 19.6. The minimum absolute atomic E-state index is 0.0151. The van der Waals surface area contributed by atoms with Gasteiger partial charge in [0.25, 0.3) is 5.92 Å². The van der Waals surface area contributed by atoms with Gasteiger partial charge in [0, 0.05) is 18.2 Å². The molecule has 2 aromatic heterocycles. The van der Waals surface area contributed by atoms with E-state index in [-0.39, 0.29) is 11.6 Å². The summed E-state index contributed by atoms with van der Waals surface area (Å²) in [5.74, 6) is -1.77. The Bertz CT molecular complexity index is 1250. The van der Waals surface area contributed by atoms with E-state index in [1.54, 1.807) is 13.0 Å². The number of hydrogen-bond donors (Lipinski definition) is 2. The average Bonchev–Trinajstić information content (AvgIpc) is 3.54. The fourth-order valence-corrected chi connectivity index (χ4v) is 4.47. The van der Waals surface area contributed by atoms with Crippen LogP contribution < -0.4 is 10.6 Å². The molecule has 6 nitrogen and oxygen atoms in total. The Morgan fingerprint density at radius 1 is 1.21 bits per heavy atom. The molecule has 4 rings (SSSR count). The maximum Gasteiger partial charge on any atom is 0.270 e. The van der Waals surface area contributed by atoms with Gasteiger partial charge >= 0.3 is 0 Å². The van der Waals surface area contributed by atoms with Crippen molar-refractivity contribution < 1.29 is 8.78 Å². The second-order valence-electron chi connectivity index (χ2n) is 8.98. The molecular formula is C25H28F2N6. The van der Waals surface area contributed by atoms with Crippen LogP contribution in [-0.4, -0.2) is 22.0 Å². The molecule has 0 bridgehead atoms. The fraction of sp³-hybridized carbons (Fsp3) is 0.440. The van der Waals surface area contributed by atoms with E-state index in [1.807, 2.05) is 33.0 Å². The molecule has 0 aliphatic heterocycles. The van der Waals surface area contributed by atoms with Gasteiger partial charge in [-0.3, -0.25) is 0 Å². The quantitative estimate of drug-likeness (QED) is 0.514. The molecule has 1 fully saturated rings. The van der Waals surface area contributed by atoms with E-state index in [1.165, 1.54) is 6.07 Å². The lowest BCUT2D eigenvalue weighted by Gasteiger charge is -2.22. The second kappa shape index (κ2) is 8.31. The highest BCUT2D eigenvalue weighted by Gasteiger charge is 2.46. The van der Waals surface area contributed by atoms with Gasteiger partial charge in [-0.2, -0.15) is 5.26 Å². The molecule has 1 aliphatic carbocycles. The third kappa shape index (κ3) is 4.25. The summed E-state index contributed by atoms with van der Waals surface area (Å²) in [6, 6.07) is 9.09. The van der Waals surface area contributed by atoms with Crippen LogP contribution in [0.15, 0.2) is 24.3 Å². The Hall–Kier alpha value is -3.18. The van der Waals surface area contributed by atoms with Crippen molar-refractivity contribution in [2.24, 2.45) is 0 Å². The highest BCUT2D eigenvalue weighted by atomic mass is 19.3. The van der Waals surface area contributed by atoms with Crippen LogP contribution >= 0.6 is 0 Å². The number of nitrogens with one attached hydrogen (secondary N) is 2. The minimum Gasteiger partial charge on any atom is -0.363 e. The molecule has 1 atom stereocenters. The number of hydrogen-bond acceptors (Lipinski definition) is 6. The van der Waals surface area contributed by atoms with Crippen molar-refractivity contribution in [2.45, 2.75) is 64.5 Å². The lowest BCUT2D eigenvalue weighted by Crippen LogP contribution is -2.17. The van der Waals surface area contributed by atoms with Crippen molar-refractivity contribution in [1.29, 1.82) is 5.26 Å². The third-order valence-electron chi connectivity index (χ3n) is 6.41. The molecule has 2 heterocycles. The highest BCUT2D eigenvalue weighted by molar-refractivity contribution is 5.88. The monoisotopic (exact) mass is 450 g/mol. The molecule has 33 heavy (non-hydrogen) atoms. The number of aromatic nitrogens is 3. The first-order valence-corrected chi connectivity index (χ1v) is 11.1. The number of nitriles is 1. The van der Waals surface area contributed by atoms with Crippen LogP contribution in [-0.2, 0) is 17.9 Å². The summed E-state index contributed by atoms with van der Waals surface area (Å²) >= 11 is 0. The number of anilines is 1. The van der Waals surface area contributed by atoms with E-state index in [2.05, 4.69) is 21.7 Å². The van der Waals surface area contributed by atoms with Crippen LogP contribution in [0.3, 0.4) is 0 Å². The molecule has 2 N–H and O–H groups in total. The predicted octanol–water partition coefficient (Wildman–Crippen LogP) is 5.20. The van der Waals surface area contributed by atoms with Crippen molar-refractivity contribution in [3.8, 4) is 6.07 Å². The molecule has 0 radical (unpaired) electrons. The van der Waals surface area contributed by atoms with Crippen molar-refractivity contribution in [1.82, 2.24) is 20.3 Å². The summed E-state index contributed by atoms with van der Waals surface area (Å²) in [5, 5.41) is 16.9. The molecule has 172 valence electrons. The molecule has 1 saturated carbocycles. The zero-order chi connectivity index (χ0) is 24.0. The summed E-state index contributed by atoms with van der Waals surface area (Å²) in [5.41, 5.74) is 3.09. The largest absolute Gasteiger partial charge is 0.363 e. The Morgan fingerprint density at radius 2 is 1.94 bits per heavy atom. The van der Waals surface area contributed by atoms with E-state index in [0.717, 1.165) is 42.0 Å². The summed E-state index contributed by atoms with van der Waals surface area (Å²) in [4.78, 5) is 14.0. The van der Waals surface area contributed by atoms with Gasteiger partial charge < -0.3 is 10.6 Å². The second-order valence-corrected chi connectivity index (χ2v) is 8.98. The standard InChI is InChI=1S/C25H28F2N6/c1-14-17(7-6-8-19(14)24(4,26)27)15(2)30-22-18-11-20(25(13-28)9-10-25)16(3)31-23(18)33-21(32-22)12-29-5/h6-8,11,15,29H,9-10,12H2,1-5H3,(H,30,31,32,33)/t15-/m1/s1. The van der Waals surface area contributed by atoms with Crippen LogP contribution in [0.1, 0.15) is 66.5 Å². The van der Waals surface area contributed by atoms with Gasteiger partial charge in [-0.25, -0.2) is 23.7 Å². The fourth-order valence-electron chi connectivity index (χ4n) is 4.47. The molecule has 0 unspecified atom stereocenters. The molecular weight excluding hydrogens is 422 g/mol. The number of halogens is 2. The molecule has 1 aromatic carbocycles. The van der Waals surface area contributed by atoms with Gasteiger partial charge in [0.15, 0.2) is 5.65 Å². The molecule has 0 amide bonds. The van der Waals surface area contributed by atoms with E-state index in [0.29, 0.717) is 29.4 Å². The number of alkyl halides is 2. The van der Waals surface area contributed by atoms with Crippen LogP contribution in [0.25, 0.3) is 11.0 Å². The van der Waals surface area contributed by atoms with E-state index < -0.39 is 11.3 Å².